The van der Waals surface area contributed by atoms with Crippen molar-refractivity contribution in [3.05, 3.63) is 11.9 Å². The van der Waals surface area contributed by atoms with Crippen molar-refractivity contribution in [3.8, 4) is 0 Å². The Morgan fingerprint density at radius 2 is 2.50 bits per heavy atom. The largest absolute Gasteiger partial charge is 0.382 e. The van der Waals surface area contributed by atoms with Crippen LogP contribution in [0.5, 0.6) is 0 Å². The van der Waals surface area contributed by atoms with Gasteiger partial charge in [0.25, 0.3) is 0 Å². The molecule has 1 rings (SSSR count). The molecule has 1 aliphatic heterocycles. The first-order chi connectivity index (χ1) is 3.79. The highest BCUT2D eigenvalue weighted by molar-refractivity contribution is 5.66. The van der Waals surface area contributed by atoms with Crippen LogP contribution in [0.25, 0.3) is 0 Å². The van der Waals surface area contributed by atoms with E-state index in [9.17, 15) is 0 Å². The van der Waals surface area contributed by atoms with E-state index in [4.69, 9.17) is 0 Å². The van der Waals surface area contributed by atoms with Gasteiger partial charge < -0.3 is 5.32 Å². The molecular weight excluding hydrogens is 100 g/mol. The van der Waals surface area contributed by atoms with Crippen LogP contribution in [0, 0.1) is 0 Å². The molecule has 0 aromatic carbocycles. The van der Waals surface area contributed by atoms with E-state index in [1.54, 1.807) is 0 Å². The number of nitrogens with zero attached hydrogens (tertiary/aromatic N) is 1. The van der Waals surface area contributed by atoms with Crippen molar-refractivity contribution < 1.29 is 0 Å². The summed E-state index contributed by atoms with van der Waals surface area (Å²) in [5, 5.41) is 3.12. The maximum atomic E-state index is 4.08. The molecule has 0 saturated carbocycles. The van der Waals surface area contributed by atoms with Crippen LogP contribution < -0.4 is 5.32 Å². The fraction of sp³-hybridized carbons (Fsp3) is 0.500. The Kier molecular flexibility index (Phi) is 1.33. The van der Waals surface area contributed by atoms with E-state index in [2.05, 4.69) is 17.2 Å². The van der Waals surface area contributed by atoms with Gasteiger partial charge in [0.15, 0.2) is 0 Å². The Hall–Kier alpha value is -0.790. The molecule has 0 aromatic rings. The van der Waals surface area contributed by atoms with E-state index < -0.39 is 0 Å². The minimum atomic E-state index is 0.402. The second kappa shape index (κ2) is 1.99. The maximum Gasteiger partial charge on any atom is 0.0583 e. The van der Waals surface area contributed by atoms with Crippen molar-refractivity contribution in [3.63, 3.8) is 0 Å². The number of hydrogen-bond acceptors (Lipinski definition) is 2. The topological polar surface area (TPSA) is 24.4 Å². The summed E-state index contributed by atoms with van der Waals surface area (Å²) in [7, 11) is 0. The second-order valence-corrected chi connectivity index (χ2v) is 2.02. The van der Waals surface area contributed by atoms with E-state index in [1.807, 2.05) is 19.3 Å². The molecule has 0 saturated heterocycles. The Labute approximate surface area is 49.3 Å². The average molecular weight is 110 g/mol. The fourth-order valence-corrected chi connectivity index (χ4v) is 0.562. The van der Waals surface area contributed by atoms with Crippen LogP contribution in [-0.4, -0.2) is 12.3 Å². The average Bonchev–Trinajstić information content (AvgIpc) is 1.77. The van der Waals surface area contributed by atoms with E-state index in [1.165, 1.54) is 0 Å². The zero-order valence-electron chi connectivity index (χ0n) is 5.18. The summed E-state index contributed by atoms with van der Waals surface area (Å²) in [4.78, 5) is 4.08. The van der Waals surface area contributed by atoms with Crippen LogP contribution in [0.3, 0.4) is 0 Å². The Balaban J connectivity index is 2.58. The summed E-state index contributed by atoms with van der Waals surface area (Å²) in [6.07, 6.45) is 3.82. The molecule has 0 spiro atoms. The van der Waals surface area contributed by atoms with Gasteiger partial charge in [-0.1, -0.05) is 0 Å². The lowest BCUT2D eigenvalue weighted by molar-refractivity contribution is 0.794. The molecule has 0 fully saturated rings. The minimum absolute atomic E-state index is 0.402. The van der Waals surface area contributed by atoms with Crippen molar-refractivity contribution in [2.45, 2.75) is 19.9 Å². The smallest absolute Gasteiger partial charge is 0.0583 e. The van der Waals surface area contributed by atoms with Gasteiger partial charge in [0.05, 0.1) is 11.7 Å². The SMILES string of the molecule is CC1=CNC(C)C=N1. The number of aliphatic imine (C=N–C) groups is 1. The van der Waals surface area contributed by atoms with Gasteiger partial charge in [-0.15, -0.1) is 0 Å². The van der Waals surface area contributed by atoms with E-state index in [0.717, 1.165) is 5.70 Å². The summed E-state index contributed by atoms with van der Waals surface area (Å²) >= 11 is 0. The molecular formula is C6H10N2. The summed E-state index contributed by atoms with van der Waals surface area (Å²) in [5.74, 6) is 0. The van der Waals surface area contributed by atoms with Gasteiger partial charge in [-0.05, 0) is 13.8 Å². The molecule has 2 heteroatoms. The molecule has 1 heterocycles. The molecule has 0 aromatic heterocycles. The third-order valence-electron chi connectivity index (χ3n) is 1.06. The molecule has 44 valence electrons. The molecule has 0 bridgehead atoms. The van der Waals surface area contributed by atoms with Crippen LogP contribution in [0.15, 0.2) is 16.9 Å². The van der Waals surface area contributed by atoms with Gasteiger partial charge in [-0.25, -0.2) is 0 Å². The Bertz CT molecular complexity index is 135. The summed E-state index contributed by atoms with van der Waals surface area (Å²) in [6, 6.07) is 0.402. The van der Waals surface area contributed by atoms with Crippen LogP contribution in [0.2, 0.25) is 0 Å². The third kappa shape index (κ3) is 1.09. The van der Waals surface area contributed by atoms with Crippen molar-refractivity contribution >= 4 is 6.21 Å². The molecule has 1 N–H and O–H groups in total. The minimum Gasteiger partial charge on any atom is -0.382 e. The molecule has 1 aliphatic rings. The predicted molar refractivity (Wildman–Crippen MR) is 34.8 cm³/mol. The van der Waals surface area contributed by atoms with Gasteiger partial charge >= 0.3 is 0 Å². The summed E-state index contributed by atoms with van der Waals surface area (Å²) < 4.78 is 0. The Morgan fingerprint density at radius 3 is 2.88 bits per heavy atom. The van der Waals surface area contributed by atoms with Crippen molar-refractivity contribution in [2.24, 2.45) is 4.99 Å². The van der Waals surface area contributed by atoms with Crippen molar-refractivity contribution in [1.82, 2.24) is 5.32 Å². The molecule has 8 heavy (non-hydrogen) atoms. The normalized spacial score (nSPS) is 26.8. The first kappa shape index (κ1) is 5.35. The molecule has 1 atom stereocenters. The highest BCUT2D eigenvalue weighted by Gasteiger charge is 1.96. The van der Waals surface area contributed by atoms with E-state index >= 15 is 0 Å². The molecule has 0 radical (unpaired) electrons. The summed E-state index contributed by atoms with van der Waals surface area (Å²) in [6.45, 7) is 4.03. The van der Waals surface area contributed by atoms with Crippen LogP contribution >= 0.6 is 0 Å². The number of hydrogen-bond donors (Lipinski definition) is 1. The number of allylic oxidation sites excluding steroid dienone is 1. The van der Waals surface area contributed by atoms with Crippen molar-refractivity contribution in [1.29, 1.82) is 0 Å². The predicted octanol–water partition coefficient (Wildman–Crippen LogP) is 0.910. The molecule has 0 amide bonds. The first-order valence-corrected chi connectivity index (χ1v) is 2.76. The zero-order valence-corrected chi connectivity index (χ0v) is 5.18. The third-order valence-corrected chi connectivity index (χ3v) is 1.06. The van der Waals surface area contributed by atoms with Crippen LogP contribution in [0.1, 0.15) is 13.8 Å². The standard InChI is InChI=1S/C6H10N2/c1-5-3-8-6(2)4-7-5/h3-5,7H,1-2H3. The maximum absolute atomic E-state index is 4.08. The quantitative estimate of drug-likeness (QED) is 0.492. The van der Waals surface area contributed by atoms with Crippen molar-refractivity contribution in [2.75, 3.05) is 0 Å². The zero-order chi connectivity index (χ0) is 5.98. The van der Waals surface area contributed by atoms with E-state index in [0.29, 0.717) is 6.04 Å². The molecule has 1 unspecified atom stereocenters. The lowest BCUT2D eigenvalue weighted by atomic mass is 10.3. The lowest BCUT2D eigenvalue weighted by Crippen LogP contribution is -2.24. The van der Waals surface area contributed by atoms with Gasteiger partial charge in [-0.3, -0.25) is 4.99 Å². The number of rotatable bonds is 0. The Morgan fingerprint density at radius 1 is 1.75 bits per heavy atom. The van der Waals surface area contributed by atoms with Crippen LogP contribution in [0.4, 0.5) is 0 Å². The second-order valence-electron chi connectivity index (χ2n) is 2.02. The fourth-order valence-electron chi connectivity index (χ4n) is 0.562. The highest BCUT2D eigenvalue weighted by Crippen LogP contribution is 1.96. The van der Waals surface area contributed by atoms with Gasteiger partial charge in [0, 0.05) is 12.4 Å². The van der Waals surface area contributed by atoms with Gasteiger partial charge in [0.1, 0.15) is 0 Å². The monoisotopic (exact) mass is 110 g/mol. The highest BCUT2D eigenvalue weighted by atomic mass is 14.9. The molecule has 2 nitrogen and oxygen atoms in total. The summed E-state index contributed by atoms with van der Waals surface area (Å²) in [5.41, 5.74) is 1.04. The first-order valence-electron chi connectivity index (χ1n) is 2.76. The lowest BCUT2D eigenvalue weighted by Gasteiger charge is -2.09. The number of nitrogens with one attached hydrogen (secondary N) is 1. The molecule has 0 aliphatic carbocycles. The van der Waals surface area contributed by atoms with Crippen LogP contribution in [-0.2, 0) is 0 Å². The van der Waals surface area contributed by atoms with Gasteiger partial charge in [0.2, 0.25) is 0 Å². The van der Waals surface area contributed by atoms with Gasteiger partial charge in [-0.2, -0.15) is 0 Å². The van der Waals surface area contributed by atoms with E-state index in [-0.39, 0.29) is 0 Å².